The first kappa shape index (κ1) is 11.2. The summed E-state index contributed by atoms with van der Waals surface area (Å²) in [5.41, 5.74) is 6.85. The summed E-state index contributed by atoms with van der Waals surface area (Å²) in [5.74, 6) is 0.908. The van der Waals surface area contributed by atoms with Crippen molar-refractivity contribution in [2.45, 2.75) is 12.5 Å². The van der Waals surface area contributed by atoms with Crippen molar-refractivity contribution in [1.82, 2.24) is 0 Å². The molecule has 1 aromatic carbocycles. The van der Waals surface area contributed by atoms with Crippen LogP contribution in [-0.2, 0) is 0 Å². The second-order valence-corrected chi connectivity index (χ2v) is 4.06. The monoisotopic (exact) mass is 222 g/mol. The molecular formula is C12H18N2O2. The summed E-state index contributed by atoms with van der Waals surface area (Å²) in [5, 5.41) is 9.00. The van der Waals surface area contributed by atoms with Gasteiger partial charge in [0, 0.05) is 19.1 Å². The first-order valence-electron chi connectivity index (χ1n) is 5.64. The van der Waals surface area contributed by atoms with E-state index < -0.39 is 0 Å². The van der Waals surface area contributed by atoms with Crippen LogP contribution in [0.3, 0.4) is 0 Å². The third-order valence-electron chi connectivity index (χ3n) is 2.73. The molecule has 4 nitrogen and oxygen atoms in total. The topological polar surface area (TPSA) is 58.7 Å². The van der Waals surface area contributed by atoms with Crippen molar-refractivity contribution in [2.24, 2.45) is 5.73 Å². The Bertz CT molecular complexity index is 344. The van der Waals surface area contributed by atoms with Crippen molar-refractivity contribution < 1.29 is 9.84 Å². The smallest absolute Gasteiger partial charge is 0.142 e. The highest BCUT2D eigenvalue weighted by molar-refractivity contribution is 5.59. The Kier molecular flexibility index (Phi) is 3.64. The number of para-hydroxylation sites is 2. The van der Waals surface area contributed by atoms with Crippen LogP contribution < -0.4 is 15.4 Å². The Hall–Kier alpha value is -1.26. The minimum Gasteiger partial charge on any atom is -0.491 e. The van der Waals surface area contributed by atoms with Crippen molar-refractivity contribution in [3.05, 3.63) is 24.3 Å². The highest BCUT2D eigenvalue weighted by Gasteiger charge is 2.17. The third kappa shape index (κ3) is 2.46. The number of hydrogen-bond donors (Lipinski definition) is 2. The number of nitrogens with two attached hydrogens (primary N) is 1. The van der Waals surface area contributed by atoms with E-state index >= 15 is 0 Å². The van der Waals surface area contributed by atoms with Gasteiger partial charge in [-0.25, -0.2) is 0 Å². The number of anilines is 1. The third-order valence-corrected chi connectivity index (χ3v) is 2.73. The van der Waals surface area contributed by atoms with Gasteiger partial charge >= 0.3 is 0 Å². The van der Waals surface area contributed by atoms with Crippen LogP contribution in [0.4, 0.5) is 5.69 Å². The predicted octanol–water partition coefficient (Wildman–Crippen LogP) is 0.595. The Morgan fingerprint density at radius 3 is 3.06 bits per heavy atom. The molecule has 0 fully saturated rings. The fourth-order valence-corrected chi connectivity index (χ4v) is 1.93. The summed E-state index contributed by atoms with van der Waals surface area (Å²) in [6.45, 7) is 2.34. The lowest BCUT2D eigenvalue weighted by Gasteiger charge is -2.26. The van der Waals surface area contributed by atoms with Crippen LogP contribution in [0.25, 0.3) is 0 Å². The van der Waals surface area contributed by atoms with Gasteiger partial charge in [0.2, 0.25) is 0 Å². The largest absolute Gasteiger partial charge is 0.491 e. The van der Waals surface area contributed by atoms with Crippen LogP contribution in [-0.4, -0.2) is 37.5 Å². The minimum absolute atomic E-state index is 0.0134. The molecule has 0 saturated heterocycles. The molecule has 1 heterocycles. The van der Waals surface area contributed by atoms with Crippen LogP contribution >= 0.6 is 0 Å². The molecule has 1 aliphatic heterocycles. The van der Waals surface area contributed by atoms with Gasteiger partial charge < -0.3 is 20.5 Å². The molecule has 1 unspecified atom stereocenters. The van der Waals surface area contributed by atoms with E-state index in [1.54, 1.807) is 0 Å². The molecule has 1 atom stereocenters. The van der Waals surface area contributed by atoms with E-state index in [1.165, 1.54) is 0 Å². The molecule has 88 valence electrons. The second-order valence-electron chi connectivity index (χ2n) is 4.06. The maximum atomic E-state index is 9.00. The number of fused-ring (bicyclic) bond motifs is 1. The van der Waals surface area contributed by atoms with Crippen molar-refractivity contribution >= 4 is 5.69 Å². The standard InChI is InChI=1S/C12H18N2O2/c13-10(9-15)8-14-6-3-7-16-12-5-2-1-4-11(12)14/h1-2,4-5,10,15H,3,6-9,13H2. The molecule has 2 rings (SSSR count). The summed E-state index contributed by atoms with van der Waals surface area (Å²) in [6, 6.07) is 7.76. The van der Waals surface area contributed by atoms with Crippen molar-refractivity contribution in [2.75, 3.05) is 31.2 Å². The SMILES string of the molecule is NC(CO)CN1CCCOc2ccccc21. The molecular weight excluding hydrogens is 204 g/mol. The van der Waals surface area contributed by atoms with Gasteiger partial charge in [0.15, 0.2) is 0 Å². The van der Waals surface area contributed by atoms with Gasteiger partial charge in [-0.15, -0.1) is 0 Å². The summed E-state index contributed by atoms with van der Waals surface area (Å²) < 4.78 is 5.65. The number of aliphatic hydroxyl groups is 1. The zero-order valence-corrected chi connectivity index (χ0v) is 9.30. The highest BCUT2D eigenvalue weighted by Crippen LogP contribution is 2.30. The number of ether oxygens (including phenoxy) is 1. The van der Waals surface area contributed by atoms with E-state index in [0.29, 0.717) is 6.54 Å². The fraction of sp³-hybridized carbons (Fsp3) is 0.500. The first-order valence-corrected chi connectivity index (χ1v) is 5.64. The Labute approximate surface area is 95.6 Å². The molecule has 0 saturated carbocycles. The molecule has 3 N–H and O–H groups in total. The van der Waals surface area contributed by atoms with E-state index in [1.807, 2.05) is 24.3 Å². The van der Waals surface area contributed by atoms with E-state index in [2.05, 4.69) is 4.90 Å². The van der Waals surface area contributed by atoms with Gasteiger partial charge in [-0.1, -0.05) is 12.1 Å². The fourth-order valence-electron chi connectivity index (χ4n) is 1.93. The zero-order chi connectivity index (χ0) is 11.4. The van der Waals surface area contributed by atoms with Crippen LogP contribution in [0.5, 0.6) is 5.75 Å². The number of aliphatic hydroxyl groups excluding tert-OH is 1. The number of benzene rings is 1. The van der Waals surface area contributed by atoms with E-state index in [9.17, 15) is 0 Å². The molecule has 0 radical (unpaired) electrons. The second kappa shape index (κ2) is 5.18. The first-order chi connectivity index (χ1) is 7.81. The molecule has 0 spiro atoms. The normalized spacial score (nSPS) is 17.2. The molecule has 16 heavy (non-hydrogen) atoms. The lowest BCUT2D eigenvalue weighted by Crippen LogP contribution is -2.40. The highest BCUT2D eigenvalue weighted by atomic mass is 16.5. The number of nitrogens with zero attached hydrogens (tertiary/aromatic N) is 1. The summed E-state index contributed by atoms with van der Waals surface area (Å²) >= 11 is 0. The van der Waals surface area contributed by atoms with E-state index in [0.717, 1.165) is 31.0 Å². The quantitative estimate of drug-likeness (QED) is 0.786. The summed E-state index contributed by atoms with van der Waals surface area (Å²) in [7, 11) is 0. The molecule has 1 aromatic rings. The molecule has 4 heteroatoms. The maximum absolute atomic E-state index is 9.00. The van der Waals surface area contributed by atoms with Gasteiger partial charge in [0.05, 0.1) is 18.9 Å². The van der Waals surface area contributed by atoms with Gasteiger partial charge in [-0.05, 0) is 18.6 Å². The number of rotatable bonds is 3. The van der Waals surface area contributed by atoms with Crippen molar-refractivity contribution in [3.8, 4) is 5.75 Å². The molecule has 0 aromatic heterocycles. The van der Waals surface area contributed by atoms with Crippen LogP contribution in [0.15, 0.2) is 24.3 Å². The maximum Gasteiger partial charge on any atom is 0.142 e. The van der Waals surface area contributed by atoms with E-state index in [4.69, 9.17) is 15.6 Å². The van der Waals surface area contributed by atoms with Crippen molar-refractivity contribution in [3.63, 3.8) is 0 Å². The lowest BCUT2D eigenvalue weighted by atomic mass is 10.2. The summed E-state index contributed by atoms with van der Waals surface area (Å²) in [4.78, 5) is 2.18. The minimum atomic E-state index is -0.203. The average Bonchev–Trinajstić information content (AvgIpc) is 2.52. The van der Waals surface area contributed by atoms with Gasteiger partial charge in [-0.2, -0.15) is 0 Å². The van der Waals surface area contributed by atoms with Crippen LogP contribution in [0.2, 0.25) is 0 Å². The zero-order valence-electron chi connectivity index (χ0n) is 9.30. The Morgan fingerprint density at radius 2 is 2.25 bits per heavy atom. The summed E-state index contributed by atoms with van der Waals surface area (Å²) in [6.07, 6.45) is 0.979. The van der Waals surface area contributed by atoms with Crippen molar-refractivity contribution in [1.29, 1.82) is 0 Å². The molecule has 1 aliphatic rings. The predicted molar refractivity (Wildman–Crippen MR) is 63.8 cm³/mol. The van der Waals surface area contributed by atoms with Crippen LogP contribution in [0.1, 0.15) is 6.42 Å². The number of hydrogen-bond acceptors (Lipinski definition) is 4. The van der Waals surface area contributed by atoms with Gasteiger partial charge in [-0.3, -0.25) is 0 Å². The molecule has 0 bridgehead atoms. The van der Waals surface area contributed by atoms with Gasteiger partial charge in [0.25, 0.3) is 0 Å². The molecule has 0 amide bonds. The van der Waals surface area contributed by atoms with Crippen LogP contribution in [0, 0.1) is 0 Å². The average molecular weight is 222 g/mol. The van der Waals surface area contributed by atoms with E-state index in [-0.39, 0.29) is 12.6 Å². The van der Waals surface area contributed by atoms with Gasteiger partial charge in [0.1, 0.15) is 5.75 Å². The lowest BCUT2D eigenvalue weighted by molar-refractivity contribution is 0.266. The Balaban J connectivity index is 2.19. The molecule has 0 aliphatic carbocycles. The Morgan fingerprint density at radius 1 is 1.44 bits per heavy atom.